The number of methoxy groups -OCH3 is 1. The molecule has 138 valence electrons. The Balaban J connectivity index is 1.62. The minimum Gasteiger partial charge on any atom is -0.479 e. The van der Waals surface area contributed by atoms with Gasteiger partial charge in [-0.3, -0.25) is 0 Å². The molecule has 0 atom stereocenters. The summed E-state index contributed by atoms with van der Waals surface area (Å²) < 4.78 is 5.53. The van der Waals surface area contributed by atoms with E-state index in [0.717, 1.165) is 59.2 Å². The van der Waals surface area contributed by atoms with Crippen LogP contribution in [0.5, 0.6) is 5.88 Å². The van der Waals surface area contributed by atoms with Gasteiger partial charge in [-0.2, -0.15) is 4.98 Å². The van der Waals surface area contributed by atoms with E-state index in [2.05, 4.69) is 50.0 Å². The fourth-order valence-corrected chi connectivity index (χ4v) is 4.79. The number of rotatable bonds is 3. The van der Waals surface area contributed by atoms with E-state index in [0.29, 0.717) is 5.88 Å². The number of fused-ring (bicyclic) bond motifs is 4. The van der Waals surface area contributed by atoms with E-state index in [1.54, 1.807) is 24.8 Å². The monoisotopic (exact) mass is 380 g/mol. The van der Waals surface area contributed by atoms with E-state index in [4.69, 9.17) is 4.74 Å². The van der Waals surface area contributed by atoms with Crippen molar-refractivity contribution in [3.05, 3.63) is 34.0 Å². The second-order valence-corrected chi connectivity index (χ2v) is 7.87. The number of hydrogen-bond acceptors (Lipinski definition) is 8. The third-order valence-corrected chi connectivity index (χ3v) is 6.05. The lowest BCUT2D eigenvalue weighted by Crippen LogP contribution is -2.22. The third kappa shape index (κ3) is 2.81. The van der Waals surface area contributed by atoms with Gasteiger partial charge in [0.1, 0.15) is 28.5 Å². The summed E-state index contributed by atoms with van der Waals surface area (Å²) in [7, 11) is 1.64. The first kappa shape index (κ1) is 16.5. The van der Waals surface area contributed by atoms with Crippen LogP contribution in [0.15, 0.2) is 18.0 Å². The molecule has 0 aliphatic carbocycles. The van der Waals surface area contributed by atoms with Gasteiger partial charge in [-0.25, -0.2) is 9.97 Å². The maximum atomic E-state index is 5.53. The summed E-state index contributed by atoms with van der Waals surface area (Å²) in [4.78, 5) is 16.0. The molecule has 0 unspecified atom stereocenters. The number of thiophene rings is 1. The van der Waals surface area contributed by atoms with Crippen LogP contribution in [-0.2, 0) is 13.0 Å². The van der Waals surface area contributed by atoms with Crippen molar-refractivity contribution in [1.29, 1.82) is 0 Å². The summed E-state index contributed by atoms with van der Waals surface area (Å²) in [5, 5.41) is 11.3. The van der Waals surface area contributed by atoms with Gasteiger partial charge in [-0.1, -0.05) is 11.6 Å². The van der Waals surface area contributed by atoms with Gasteiger partial charge in [0.15, 0.2) is 0 Å². The van der Waals surface area contributed by atoms with Crippen LogP contribution in [0.1, 0.15) is 22.9 Å². The Labute approximate surface area is 160 Å². The van der Waals surface area contributed by atoms with Crippen LogP contribution in [-0.4, -0.2) is 35.2 Å². The Morgan fingerprint density at radius 1 is 1.26 bits per heavy atom. The Morgan fingerprint density at radius 3 is 3.07 bits per heavy atom. The van der Waals surface area contributed by atoms with Crippen molar-refractivity contribution >= 4 is 45.0 Å². The lowest BCUT2D eigenvalue weighted by molar-refractivity contribution is 0.400. The van der Waals surface area contributed by atoms with Gasteiger partial charge >= 0.3 is 0 Å². The maximum absolute atomic E-state index is 5.53. The van der Waals surface area contributed by atoms with Gasteiger partial charge in [-0.15, -0.1) is 11.3 Å². The molecule has 3 aromatic heterocycles. The van der Waals surface area contributed by atoms with E-state index in [-0.39, 0.29) is 0 Å². The largest absolute Gasteiger partial charge is 0.479 e. The molecule has 7 nitrogen and oxygen atoms in total. The zero-order valence-electron chi connectivity index (χ0n) is 15.2. The summed E-state index contributed by atoms with van der Waals surface area (Å²) in [6.45, 7) is 4.78. The SMILES string of the molecule is COc1nc2c(cc1Nc1ncnc3sc4c(c13)CCNC4)C=C(C)CN2. The molecule has 0 saturated heterocycles. The number of aromatic nitrogens is 3. The summed E-state index contributed by atoms with van der Waals surface area (Å²) >= 11 is 1.74. The average molecular weight is 380 g/mol. The van der Waals surface area contributed by atoms with Crippen LogP contribution < -0.4 is 20.7 Å². The first-order chi connectivity index (χ1) is 13.2. The Morgan fingerprint density at radius 2 is 2.19 bits per heavy atom. The van der Waals surface area contributed by atoms with E-state index in [9.17, 15) is 0 Å². The molecule has 0 fully saturated rings. The van der Waals surface area contributed by atoms with E-state index < -0.39 is 0 Å². The fourth-order valence-electron chi connectivity index (χ4n) is 3.63. The fraction of sp³-hybridized carbons (Fsp3) is 0.316. The Kier molecular flexibility index (Phi) is 3.95. The van der Waals surface area contributed by atoms with Crippen molar-refractivity contribution < 1.29 is 4.74 Å². The van der Waals surface area contributed by atoms with E-state index in [1.165, 1.54) is 16.0 Å². The van der Waals surface area contributed by atoms with Gasteiger partial charge in [0.05, 0.1) is 12.5 Å². The van der Waals surface area contributed by atoms with Crippen molar-refractivity contribution in [2.75, 3.05) is 30.8 Å². The van der Waals surface area contributed by atoms with Crippen molar-refractivity contribution in [1.82, 2.24) is 20.3 Å². The number of anilines is 3. The quantitative estimate of drug-likeness (QED) is 0.643. The smallest absolute Gasteiger partial charge is 0.239 e. The van der Waals surface area contributed by atoms with Gasteiger partial charge in [0, 0.05) is 23.5 Å². The minimum absolute atomic E-state index is 0.548. The Hall–Kier alpha value is -2.71. The molecular formula is C19H20N6OS. The van der Waals surface area contributed by atoms with Crippen molar-refractivity contribution in [3.63, 3.8) is 0 Å². The molecule has 0 spiro atoms. The third-order valence-electron chi connectivity index (χ3n) is 4.91. The lowest BCUT2D eigenvalue weighted by Gasteiger charge is -2.19. The highest BCUT2D eigenvalue weighted by atomic mass is 32.1. The summed E-state index contributed by atoms with van der Waals surface area (Å²) in [6.07, 6.45) is 4.75. The molecule has 3 aromatic rings. The van der Waals surface area contributed by atoms with Crippen molar-refractivity contribution in [2.45, 2.75) is 19.9 Å². The zero-order valence-corrected chi connectivity index (χ0v) is 16.0. The molecule has 5 heterocycles. The van der Waals surface area contributed by atoms with Crippen LogP contribution in [0.3, 0.4) is 0 Å². The lowest BCUT2D eigenvalue weighted by atomic mass is 10.1. The normalized spacial score (nSPS) is 15.6. The zero-order chi connectivity index (χ0) is 18.4. The van der Waals surface area contributed by atoms with Gasteiger partial charge in [0.25, 0.3) is 0 Å². The van der Waals surface area contributed by atoms with Crippen LogP contribution in [0.4, 0.5) is 17.3 Å². The number of pyridine rings is 1. The first-order valence-electron chi connectivity index (χ1n) is 8.96. The molecule has 0 amide bonds. The average Bonchev–Trinajstić information content (AvgIpc) is 3.07. The first-order valence-corrected chi connectivity index (χ1v) is 9.77. The van der Waals surface area contributed by atoms with E-state index in [1.807, 2.05) is 0 Å². The molecule has 0 saturated carbocycles. The molecule has 5 rings (SSSR count). The van der Waals surface area contributed by atoms with Crippen LogP contribution in [0.2, 0.25) is 0 Å². The number of hydrogen-bond donors (Lipinski definition) is 3. The number of ether oxygens (including phenoxy) is 1. The second-order valence-electron chi connectivity index (χ2n) is 6.79. The molecule has 27 heavy (non-hydrogen) atoms. The summed E-state index contributed by atoms with van der Waals surface area (Å²) in [5.41, 5.74) is 4.46. The molecular weight excluding hydrogens is 360 g/mol. The van der Waals surface area contributed by atoms with Gasteiger partial charge < -0.3 is 20.7 Å². The highest BCUT2D eigenvalue weighted by Gasteiger charge is 2.21. The second kappa shape index (κ2) is 6.47. The standard InChI is InChI=1S/C19H20N6OS/c1-10-5-11-6-13(18(26-2)25-16(11)21-7-10)24-17-15-12-3-4-20-8-14(12)27-19(15)23-9-22-17/h5-6,9,20H,3-4,7-8H2,1-2H3,(H,21,25)(H,22,23,24). The molecule has 3 N–H and O–H groups in total. The summed E-state index contributed by atoms with van der Waals surface area (Å²) in [6, 6.07) is 2.06. The minimum atomic E-state index is 0.548. The van der Waals surface area contributed by atoms with Crippen LogP contribution in [0, 0.1) is 0 Å². The Bertz CT molecular complexity index is 1070. The molecule has 0 aromatic carbocycles. The van der Waals surface area contributed by atoms with Crippen molar-refractivity contribution in [2.24, 2.45) is 0 Å². The molecule has 8 heteroatoms. The van der Waals surface area contributed by atoms with Gasteiger partial charge in [-0.05, 0) is 31.5 Å². The topological polar surface area (TPSA) is 84.0 Å². The highest BCUT2D eigenvalue weighted by Crippen LogP contribution is 2.38. The molecule has 0 radical (unpaired) electrons. The summed E-state index contributed by atoms with van der Waals surface area (Å²) in [5.74, 6) is 2.20. The number of nitrogens with one attached hydrogen (secondary N) is 3. The molecule has 2 aliphatic heterocycles. The molecule has 2 aliphatic rings. The predicted octanol–water partition coefficient (Wildman–Crippen LogP) is 3.31. The van der Waals surface area contributed by atoms with Crippen LogP contribution >= 0.6 is 11.3 Å². The van der Waals surface area contributed by atoms with E-state index >= 15 is 0 Å². The maximum Gasteiger partial charge on any atom is 0.239 e. The predicted molar refractivity (Wildman–Crippen MR) is 109 cm³/mol. The number of nitrogens with zero attached hydrogens (tertiary/aromatic N) is 3. The molecule has 0 bridgehead atoms. The van der Waals surface area contributed by atoms with Crippen LogP contribution in [0.25, 0.3) is 16.3 Å². The van der Waals surface area contributed by atoms with Crippen molar-refractivity contribution in [3.8, 4) is 5.88 Å². The highest BCUT2D eigenvalue weighted by molar-refractivity contribution is 7.19. The van der Waals surface area contributed by atoms with Gasteiger partial charge in [0.2, 0.25) is 5.88 Å².